The van der Waals surface area contributed by atoms with E-state index in [0.717, 1.165) is 44.2 Å². The van der Waals surface area contributed by atoms with E-state index in [-0.39, 0.29) is 0 Å². The number of nitrogens with one attached hydrogen (secondary N) is 2. The van der Waals surface area contributed by atoms with Crippen LogP contribution in [-0.2, 0) is 4.79 Å². The molecule has 0 radical (unpaired) electrons. The molecule has 1 aliphatic heterocycles. The number of hydrogen-bond donors (Lipinski definition) is 2. The van der Waals surface area contributed by atoms with E-state index in [2.05, 4.69) is 27.4 Å². The first kappa shape index (κ1) is 16.6. The molecule has 1 saturated heterocycles. The van der Waals surface area contributed by atoms with E-state index in [4.69, 9.17) is 0 Å². The summed E-state index contributed by atoms with van der Waals surface area (Å²) in [6.07, 6.45) is 9.51. The molecule has 5 heteroatoms. The van der Waals surface area contributed by atoms with Gasteiger partial charge in [0.2, 0.25) is 5.91 Å². The highest BCUT2D eigenvalue weighted by Crippen LogP contribution is 2.34. The van der Waals surface area contributed by atoms with E-state index in [1.165, 1.54) is 32.1 Å². The van der Waals surface area contributed by atoms with E-state index in [9.17, 15) is 4.79 Å². The molecular formula is C18H32N4O. The van der Waals surface area contributed by atoms with E-state index in [1.807, 2.05) is 7.05 Å². The Labute approximate surface area is 140 Å². The fourth-order valence-corrected chi connectivity index (χ4v) is 4.16. The van der Waals surface area contributed by atoms with Gasteiger partial charge in [0, 0.05) is 38.1 Å². The lowest BCUT2D eigenvalue weighted by atomic mass is 10.1. The summed E-state index contributed by atoms with van der Waals surface area (Å²) in [7, 11) is 1.84. The van der Waals surface area contributed by atoms with Gasteiger partial charge in [0.25, 0.3) is 0 Å². The number of hydrogen-bond acceptors (Lipinski definition) is 2. The lowest BCUT2D eigenvalue weighted by molar-refractivity contribution is -0.134. The quantitative estimate of drug-likeness (QED) is 0.603. The highest BCUT2D eigenvalue weighted by atomic mass is 16.2. The van der Waals surface area contributed by atoms with Gasteiger partial charge in [0.05, 0.1) is 0 Å². The van der Waals surface area contributed by atoms with Crippen LogP contribution in [0, 0.1) is 11.8 Å². The number of nitrogens with zero attached hydrogens (tertiary/aromatic N) is 2. The summed E-state index contributed by atoms with van der Waals surface area (Å²) in [5, 5.41) is 7.06. The highest BCUT2D eigenvalue weighted by molar-refractivity contribution is 5.82. The first-order valence-electron chi connectivity index (χ1n) is 9.50. The van der Waals surface area contributed by atoms with Crippen LogP contribution in [0.2, 0.25) is 0 Å². The summed E-state index contributed by atoms with van der Waals surface area (Å²) >= 11 is 0. The fraction of sp³-hybridized carbons (Fsp3) is 0.889. The molecule has 2 aliphatic carbocycles. The highest BCUT2D eigenvalue weighted by Gasteiger charge is 2.37. The van der Waals surface area contributed by atoms with Gasteiger partial charge in [0.15, 0.2) is 5.96 Å². The molecule has 1 heterocycles. The van der Waals surface area contributed by atoms with Crippen LogP contribution in [0.5, 0.6) is 0 Å². The van der Waals surface area contributed by atoms with E-state index in [1.54, 1.807) is 0 Å². The van der Waals surface area contributed by atoms with E-state index >= 15 is 0 Å². The van der Waals surface area contributed by atoms with Gasteiger partial charge in [-0.25, -0.2) is 0 Å². The largest absolute Gasteiger partial charge is 0.353 e. The Morgan fingerprint density at radius 2 is 2.00 bits per heavy atom. The van der Waals surface area contributed by atoms with Crippen molar-refractivity contribution < 1.29 is 4.79 Å². The van der Waals surface area contributed by atoms with Crippen LogP contribution in [0.3, 0.4) is 0 Å². The zero-order valence-electron chi connectivity index (χ0n) is 14.7. The lowest BCUT2D eigenvalue weighted by Crippen LogP contribution is -2.46. The zero-order chi connectivity index (χ0) is 16.2. The summed E-state index contributed by atoms with van der Waals surface area (Å²) in [6.45, 7) is 3.97. The average Bonchev–Trinajstić information content (AvgIpc) is 3.01. The van der Waals surface area contributed by atoms with Gasteiger partial charge in [-0.2, -0.15) is 0 Å². The molecule has 2 N–H and O–H groups in total. The third-order valence-electron chi connectivity index (χ3n) is 5.67. The third kappa shape index (κ3) is 4.18. The van der Waals surface area contributed by atoms with Gasteiger partial charge < -0.3 is 15.5 Å². The minimum atomic E-state index is 0.299. The maximum Gasteiger partial charge on any atom is 0.225 e. The van der Waals surface area contributed by atoms with E-state index in [0.29, 0.717) is 23.9 Å². The van der Waals surface area contributed by atoms with Crippen molar-refractivity contribution in [2.45, 2.75) is 70.4 Å². The smallest absolute Gasteiger partial charge is 0.225 e. The number of guanidine groups is 1. The molecule has 2 saturated carbocycles. The summed E-state index contributed by atoms with van der Waals surface area (Å²) < 4.78 is 0. The molecule has 0 aromatic heterocycles. The fourth-order valence-electron chi connectivity index (χ4n) is 4.16. The second-order valence-electron chi connectivity index (χ2n) is 7.50. The Hall–Kier alpha value is -1.26. The second kappa shape index (κ2) is 7.54. The predicted octanol–water partition coefficient (Wildman–Crippen LogP) is 2.13. The summed E-state index contributed by atoms with van der Waals surface area (Å²) in [5.41, 5.74) is 0. The molecule has 0 aromatic rings. The summed E-state index contributed by atoms with van der Waals surface area (Å²) in [5.74, 6) is 2.42. The number of rotatable bonds is 5. The zero-order valence-corrected chi connectivity index (χ0v) is 14.7. The summed E-state index contributed by atoms with van der Waals surface area (Å²) in [4.78, 5) is 18.9. The molecule has 0 bridgehead atoms. The van der Waals surface area contributed by atoms with Crippen LogP contribution < -0.4 is 10.6 Å². The van der Waals surface area contributed by atoms with Gasteiger partial charge in [-0.05, 0) is 38.0 Å². The van der Waals surface area contributed by atoms with Crippen LogP contribution in [0.1, 0.15) is 58.3 Å². The Bertz CT molecular complexity index is 444. The Balaban J connectivity index is 1.42. The molecule has 3 atom stereocenters. The SMILES string of the molecule is CCCC1CC1NC(=NC)NC1CCN(C(=O)C2CCCC2)C1. The average molecular weight is 320 g/mol. The molecule has 5 nitrogen and oxygen atoms in total. The lowest BCUT2D eigenvalue weighted by Gasteiger charge is -2.21. The van der Waals surface area contributed by atoms with E-state index < -0.39 is 0 Å². The van der Waals surface area contributed by atoms with Gasteiger partial charge in [-0.1, -0.05) is 26.2 Å². The van der Waals surface area contributed by atoms with Crippen molar-refractivity contribution in [3.05, 3.63) is 0 Å². The van der Waals surface area contributed by atoms with Gasteiger partial charge >= 0.3 is 0 Å². The minimum absolute atomic E-state index is 0.299. The monoisotopic (exact) mass is 320 g/mol. The Morgan fingerprint density at radius 3 is 2.70 bits per heavy atom. The predicted molar refractivity (Wildman–Crippen MR) is 93.4 cm³/mol. The van der Waals surface area contributed by atoms with Crippen LogP contribution in [0.15, 0.2) is 4.99 Å². The standard InChI is InChI=1S/C18H32N4O/c1-3-6-14-11-16(14)21-18(19-2)20-15-9-10-22(12-15)17(23)13-7-4-5-8-13/h13-16H,3-12H2,1-2H3,(H2,19,20,21). The first-order valence-corrected chi connectivity index (χ1v) is 9.50. The van der Waals surface area contributed by atoms with Crippen molar-refractivity contribution in [3.63, 3.8) is 0 Å². The molecule has 3 rings (SSSR count). The number of likely N-dealkylation sites (tertiary alicyclic amines) is 1. The molecule has 3 aliphatic rings. The Kier molecular flexibility index (Phi) is 5.44. The normalized spacial score (nSPS) is 31.5. The van der Waals surface area contributed by atoms with Crippen molar-refractivity contribution in [1.82, 2.24) is 15.5 Å². The molecule has 3 unspecified atom stereocenters. The van der Waals surface area contributed by atoms with Gasteiger partial charge in [-0.15, -0.1) is 0 Å². The first-order chi connectivity index (χ1) is 11.2. The third-order valence-corrected chi connectivity index (χ3v) is 5.67. The van der Waals surface area contributed by atoms with Crippen molar-refractivity contribution >= 4 is 11.9 Å². The Morgan fingerprint density at radius 1 is 1.22 bits per heavy atom. The topological polar surface area (TPSA) is 56.7 Å². The summed E-state index contributed by atoms with van der Waals surface area (Å²) in [6, 6.07) is 0.939. The van der Waals surface area contributed by atoms with Crippen LogP contribution in [0.25, 0.3) is 0 Å². The van der Waals surface area contributed by atoms with Crippen LogP contribution in [-0.4, -0.2) is 49.0 Å². The number of carbonyl (C=O) groups is 1. The maximum absolute atomic E-state index is 12.5. The molecule has 0 spiro atoms. The molecule has 0 aromatic carbocycles. The van der Waals surface area contributed by atoms with Crippen LogP contribution >= 0.6 is 0 Å². The maximum atomic E-state index is 12.5. The number of carbonyl (C=O) groups excluding carboxylic acids is 1. The molecule has 23 heavy (non-hydrogen) atoms. The van der Waals surface area contributed by atoms with Crippen molar-refractivity contribution in [1.29, 1.82) is 0 Å². The van der Waals surface area contributed by atoms with Crippen molar-refractivity contribution in [3.8, 4) is 0 Å². The molecular weight excluding hydrogens is 288 g/mol. The second-order valence-corrected chi connectivity index (χ2v) is 7.50. The minimum Gasteiger partial charge on any atom is -0.353 e. The molecule has 1 amide bonds. The van der Waals surface area contributed by atoms with Gasteiger partial charge in [-0.3, -0.25) is 9.79 Å². The molecule has 130 valence electrons. The van der Waals surface area contributed by atoms with Crippen LogP contribution in [0.4, 0.5) is 0 Å². The van der Waals surface area contributed by atoms with Crippen molar-refractivity contribution in [2.75, 3.05) is 20.1 Å². The van der Waals surface area contributed by atoms with Gasteiger partial charge in [0.1, 0.15) is 0 Å². The molecule has 3 fully saturated rings. The van der Waals surface area contributed by atoms with Crippen molar-refractivity contribution in [2.24, 2.45) is 16.8 Å². The number of aliphatic imine (C=N–C) groups is 1. The number of amides is 1.